The highest BCUT2D eigenvalue weighted by molar-refractivity contribution is 7.46. The number of aliphatic carboxylic acids is 1. The van der Waals surface area contributed by atoms with E-state index in [0.717, 1.165) is 0 Å². The van der Waals surface area contributed by atoms with Crippen LogP contribution in [-0.4, -0.2) is 115 Å². The van der Waals surface area contributed by atoms with E-state index in [1.807, 2.05) is 0 Å². The number of hydrogen-bond donors (Lipinski definition) is 10. The molecule has 2 rings (SSSR count). The molecule has 0 aliphatic carbocycles. The number of nitrogens with two attached hydrogens (primary N) is 1. The molecular weight excluding hydrogens is 643 g/mol. The lowest BCUT2D eigenvalue weighted by atomic mass is 10.1. The molecule has 4 atom stereocenters. The predicted octanol–water partition coefficient (Wildman–Crippen LogP) is -3.26. The van der Waals surface area contributed by atoms with Crippen LogP contribution in [0.4, 0.5) is 0 Å². The van der Waals surface area contributed by atoms with Crippen LogP contribution in [0.15, 0.2) is 24.0 Å². The van der Waals surface area contributed by atoms with E-state index in [2.05, 4.69) is 35.2 Å². The van der Waals surface area contributed by atoms with Crippen LogP contribution >= 0.6 is 7.82 Å². The number of ether oxygens (including phenoxy) is 2. The number of carbonyl (C=O) groups is 6. The summed E-state index contributed by atoms with van der Waals surface area (Å²) in [6.07, 6.45) is -0.962. The Morgan fingerprint density at radius 2 is 1.83 bits per heavy atom. The van der Waals surface area contributed by atoms with Crippen LogP contribution in [0.1, 0.15) is 37.8 Å². The van der Waals surface area contributed by atoms with Crippen molar-refractivity contribution in [3.8, 4) is 0 Å². The normalized spacial score (nSPS) is 16.5. The zero-order valence-electron chi connectivity index (χ0n) is 24.1. The summed E-state index contributed by atoms with van der Waals surface area (Å²) in [5.74, 6) is -8.50. The molecule has 0 fully saturated rings. The molecule has 2 heterocycles. The lowest BCUT2D eigenvalue weighted by molar-refractivity contribution is -0.155. The first-order valence-electron chi connectivity index (χ1n) is 13.6. The van der Waals surface area contributed by atoms with Crippen molar-refractivity contribution < 1.29 is 72.4 Å². The highest BCUT2D eigenvalue weighted by Crippen LogP contribution is 2.42. The lowest BCUT2D eigenvalue weighted by Gasteiger charge is -2.21. The molecular formula is C24H35N6O15P. The summed E-state index contributed by atoms with van der Waals surface area (Å²) in [6, 6.07) is -2.47. The van der Waals surface area contributed by atoms with E-state index in [1.165, 1.54) is 12.5 Å². The van der Waals surface area contributed by atoms with E-state index >= 15 is 0 Å². The highest BCUT2D eigenvalue weighted by Gasteiger charge is 2.43. The number of carboxylic acid groups (broad SMARTS) is 1. The van der Waals surface area contributed by atoms with E-state index in [4.69, 9.17) is 20.3 Å². The third-order valence-electron chi connectivity index (χ3n) is 6.09. The number of H-pyrrole nitrogens is 1. The van der Waals surface area contributed by atoms with Crippen LogP contribution in [-0.2, 0) is 53.8 Å². The number of phosphoric acid groups is 1. The molecule has 256 valence electrons. The van der Waals surface area contributed by atoms with Gasteiger partial charge in [-0.1, -0.05) is 0 Å². The number of carbonyl (C=O) groups excluding carboxylic acids is 5. The first kappa shape index (κ1) is 37.6. The van der Waals surface area contributed by atoms with E-state index in [9.17, 15) is 48.7 Å². The lowest BCUT2D eigenvalue weighted by Crippen LogP contribution is -2.54. The number of esters is 2. The standard InChI is InChI=1S/C24H35N6O15P/c25-6-2-1-3-13(23(37)38)30-22(36)14(7-12-8-26-11-28-12)29-17(33)9-27-16(32)4-5-18(34)43-10-15(31)20-19(35)21(24(39)44-20)45-46(40,41)42/h8,11,13-15,20,31,35H,1-7,9-10,25H2,(H,26,28)(H,27,32)(H,29,33)(H,30,36)(H,37,38)(H2,40,41,42). The molecule has 22 heteroatoms. The number of aromatic nitrogens is 2. The molecule has 11 N–H and O–H groups in total. The number of nitrogens with one attached hydrogen (secondary N) is 4. The summed E-state index contributed by atoms with van der Waals surface area (Å²) in [5.41, 5.74) is 5.88. The van der Waals surface area contributed by atoms with Crippen LogP contribution in [0.5, 0.6) is 0 Å². The van der Waals surface area contributed by atoms with Crippen LogP contribution in [0.25, 0.3) is 0 Å². The highest BCUT2D eigenvalue weighted by atomic mass is 31.2. The molecule has 21 nitrogen and oxygen atoms in total. The van der Waals surface area contributed by atoms with Crippen LogP contribution < -0.4 is 21.7 Å². The van der Waals surface area contributed by atoms with Crippen molar-refractivity contribution >= 4 is 43.5 Å². The fourth-order valence-corrected chi connectivity index (χ4v) is 4.24. The molecule has 3 amide bonds. The summed E-state index contributed by atoms with van der Waals surface area (Å²) in [6.45, 7) is -1.13. The van der Waals surface area contributed by atoms with Gasteiger partial charge in [-0.05, 0) is 25.8 Å². The van der Waals surface area contributed by atoms with Crippen molar-refractivity contribution in [3.63, 3.8) is 0 Å². The second-order valence-corrected chi connectivity index (χ2v) is 10.9. The van der Waals surface area contributed by atoms with E-state index < -0.39 is 105 Å². The Hall–Kier alpha value is -4.56. The monoisotopic (exact) mass is 678 g/mol. The zero-order valence-corrected chi connectivity index (χ0v) is 25.0. The van der Waals surface area contributed by atoms with E-state index in [1.54, 1.807) is 0 Å². The van der Waals surface area contributed by atoms with E-state index in [-0.39, 0.29) is 12.8 Å². The molecule has 0 radical (unpaired) electrons. The molecule has 0 saturated carbocycles. The number of imidazole rings is 1. The van der Waals surface area contributed by atoms with Gasteiger partial charge < -0.3 is 56.0 Å². The van der Waals surface area contributed by atoms with Gasteiger partial charge in [-0.2, -0.15) is 0 Å². The molecule has 1 aromatic heterocycles. The quantitative estimate of drug-likeness (QED) is 0.0367. The van der Waals surface area contributed by atoms with Gasteiger partial charge in [0.1, 0.15) is 24.8 Å². The zero-order chi connectivity index (χ0) is 34.4. The van der Waals surface area contributed by atoms with Gasteiger partial charge in [0.15, 0.2) is 11.9 Å². The maximum atomic E-state index is 12.9. The minimum absolute atomic E-state index is 0.0794. The molecule has 0 spiro atoms. The van der Waals surface area contributed by atoms with Crippen LogP contribution in [0.3, 0.4) is 0 Å². The average molecular weight is 679 g/mol. The van der Waals surface area contributed by atoms with Crippen molar-refractivity contribution in [2.24, 2.45) is 5.73 Å². The number of carboxylic acids is 1. The summed E-state index contributed by atoms with van der Waals surface area (Å²) < 4.78 is 24.2. The van der Waals surface area contributed by atoms with Gasteiger partial charge in [0.2, 0.25) is 17.7 Å². The number of aliphatic hydroxyl groups is 2. The summed E-state index contributed by atoms with van der Waals surface area (Å²) in [5, 5.41) is 36.4. The van der Waals surface area contributed by atoms with E-state index in [0.29, 0.717) is 25.1 Å². The number of hydrogen-bond acceptors (Lipinski definition) is 14. The summed E-state index contributed by atoms with van der Waals surface area (Å²) >= 11 is 0. The van der Waals surface area contributed by atoms with Gasteiger partial charge in [-0.15, -0.1) is 0 Å². The minimum Gasteiger partial charge on any atom is -0.505 e. The molecule has 0 aromatic carbocycles. The van der Waals surface area contributed by atoms with Crippen LogP contribution in [0, 0.1) is 0 Å². The van der Waals surface area contributed by atoms with Gasteiger partial charge in [-0.3, -0.25) is 29.0 Å². The largest absolute Gasteiger partial charge is 0.525 e. The number of unbranched alkanes of at least 4 members (excludes halogenated alkanes) is 1. The molecule has 46 heavy (non-hydrogen) atoms. The molecule has 1 aliphatic heterocycles. The van der Waals surface area contributed by atoms with Crippen molar-refractivity contribution in [3.05, 3.63) is 29.7 Å². The maximum absolute atomic E-state index is 12.9. The molecule has 1 aromatic rings. The number of aromatic amines is 1. The van der Waals surface area contributed by atoms with Gasteiger partial charge in [-0.25, -0.2) is 19.1 Å². The third-order valence-corrected chi connectivity index (χ3v) is 6.51. The topological polar surface area (TPSA) is 339 Å². The van der Waals surface area contributed by atoms with Crippen molar-refractivity contribution in [2.75, 3.05) is 19.7 Å². The molecule has 0 bridgehead atoms. The van der Waals surface area contributed by atoms with Crippen molar-refractivity contribution in [1.82, 2.24) is 25.9 Å². The molecule has 1 aliphatic rings. The van der Waals surface area contributed by atoms with Crippen molar-refractivity contribution in [1.29, 1.82) is 0 Å². The van der Waals surface area contributed by atoms with Gasteiger partial charge in [0.05, 0.1) is 19.3 Å². The summed E-state index contributed by atoms with van der Waals surface area (Å²) in [4.78, 5) is 96.9. The Bertz CT molecular complexity index is 1330. The number of amides is 3. The molecule has 0 saturated heterocycles. The number of cyclic esters (lactones) is 1. The number of nitrogens with zero attached hydrogens (tertiary/aromatic N) is 1. The Morgan fingerprint density at radius 1 is 1.11 bits per heavy atom. The first-order valence-corrected chi connectivity index (χ1v) is 15.1. The van der Waals surface area contributed by atoms with Crippen molar-refractivity contribution in [2.45, 2.75) is 62.8 Å². The Balaban J connectivity index is 1.82. The maximum Gasteiger partial charge on any atom is 0.525 e. The number of phosphoric ester groups is 1. The smallest absolute Gasteiger partial charge is 0.505 e. The number of aliphatic hydroxyl groups excluding tert-OH is 2. The SMILES string of the molecule is NCCCCC(NC(=O)C(Cc1cnc[nH]1)NC(=O)CNC(=O)CCC(=O)OCC(O)C1OC(=O)C(OP(=O)(O)O)=C1O)C(=O)O. The average Bonchev–Trinajstić information content (AvgIpc) is 3.59. The Kier molecular flexibility index (Phi) is 14.6. The second-order valence-electron chi connectivity index (χ2n) is 9.73. The van der Waals surface area contributed by atoms with Crippen LogP contribution in [0.2, 0.25) is 0 Å². The third kappa shape index (κ3) is 12.8. The van der Waals surface area contributed by atoms with Gasteiger partial charge >= 0.3 is 25.7 Å². The fraction of sp³-hybridized carbons (Fsp3) is 0.542. The Morgan fingerprint density at radius 3 is 2.43 bits per heavy atom. The Labute approximate surface area is 260 Å². The molecule has 4 unspecified atom stereocenters. The van der Waals surface area contributed by atoms with Gasteiger partial charge in [0, 0.05) is 24.7 Å². The van der Waals surface area contributed by atoms with Gasteiger partial charge in [0.25, 0.3) is 5.76 Å². The first-order chi connectivity index (χ1) is 21.6. The second kappa shape index (κ2) is 17.8. The fourth-order valence-electron chi connectivity index (χ4n) is 3.84. The predicted molar refractivity (Wildman–Crippen MR) is 149 cm³/mol. The summed E-state index contributed by atoms with van der Waals surface area (Å²) in [7, 11) is -5.24. The number of rotatable bonds is 20. The minimum atomic E-state index is -5.24.